The second-order valence-electron chi connectivity index (χ2n) is 4.30. The molecule has 0 rings (SSSR count). The molecule has 0 saturated heterocycles. The van der Waals surface area contributed by atoms with Crippen LogP contribution < -0.4 is 10.6 Å². The maximum Gasteiger partial charge on any atom is 0.234 e. The molecule has 0 aliphatic heterocycles. The van der Waals surface area contributed by atoms with Gasteiger partial charge in [0.2, 0.25) is 5.91 Å². The molecule has 96 valence electrons. The van der Waals surface area contributed by atoms with Crippen LogP contribution in [0.2, 0.25) is 0 Å². The third-order valence-electron chi connectivity index (χ3n) is 1.92. The Balaban J connectivity index is 3.21. The summed E-state index contributed by atoms with van der Waals surface area (Å²) in [5.41, 5.74) is 0. The molecule has 0 spiro atoms. The number of nitrogens with zero attached hydrogens (tertiary/aromatic N) is 1. The van der Waals surface area contributed by atoms with E-state index in [9.17, 15) is 4.79 Å². The van der Waals surface area contributed by atoms with Gasteiger partial charge in [-0.25, -0.2) is 0 Å². The number of nitrogens with one attached hydrogen (secondary N) is 2. The van der Waals surface area contributed by atoms with Gasteiger partial charge in [0.25, 0.3) is 0 Å². The number of ether oxygens (including phenoxy) is 1. The summed E-state index contributed by atoms with van der Waals surface area (Å²) < 4.78 is 5.34. The van der Waals surface area contributed by atoms with Gasteiger partial charge in [-0.1, -0.05) is 13.8 Å². The van der Waals surface area contributed by atoms with Crippen molar-refractivity contribution >= 4 is 5.91 Å². The van der Waals surface area contributed by atoms with Crippen LogP contribution >= 0.6 is 0 Å². The molecule has 0 aromatic heterocycles. The number of carbonyl (C=O) groups is 1. The van der Waals surface area contributed by atoms with Crippen molar-refractivity contribution in [3.8, 4) is 0 Å². The standard InChI is InChI=1S/C11H25N3O2/c1-10(2)13-9-11(15)12-5-7-16-8-6-14(3)4/h10,13H,5-9H2,1-4H3,(H,12,15). The van der Waals surface area contributed by atoms with Gasteiger partial charge in [-0.3, -0.25) is 4.79 Å². The number of amides is 1. The zero-order valence-corrected chi connectivity index (χ0v) is 10.9. The summed E-state index contributed by atoms with van der Waals surface area (Å²) in [6.07, 6.45) is 0. The van der Waals surface area contributed by atoms with Crippen LogP contribution in [-0.2, 0) is 9.53 Å². The normalized spacial score (nSPS) is 11.1. The molecule has 0 aromatic carbocycles. The van der Waals surface area contributed by atoms with Crippen LogP contribution in [0.3, 0.4) is 0 Å². The molecule has 2 N–H and O–H groups in total. The summed E-state index contributed by atoms with van der Waals surface area (Å²) in [6.45, 7) is 7.15. The highest BCUT2D eigenvalue weighted by molar-refractivity contribution is 5.77. The molecule has 0 bridgehead atoms. The van der Waals surface area contributed by atoms with Gasteiger partial charge >= 0.3 is 0 Å². The maximum atomic E-state index is 11.3. The van der Waals surface area contributed by atoms with E-state index in [1.54, 1.807) is 0 Å². The van der Waals surface area contributed by atoms with E-state index in [0.717, 1.165) is 6.54 Å². The van der Waals surface area contributed by atoms with Crippen molar-refractivity contribution in [3.63, 3.8) is 0 Å². The highest BCUT2D eigenvalue weighted by Crippen LogP contribution is 1.78. The van der Waals surface area contributed by atoms with E-state index in [2.05, 4.69) is 15.5 Å². The second-order valence-corrected chi connectivity index (χ2v) is 4.30. The number of hydrogen-bond donors (Lipinski definition) is 2. The predicted molar refractivity (Wildman–Crippen MR) is 65.5 cm³/mol. The van der Waals surface area contributed by atoms with Crippen molar-refractivity contribution in [2.75, 3.05) is 46.9 Å². The highest BCUT2D eigenvalue weighted by atomic mass is 16.5. The third-order valence-corrected chi connectivity index (χ3v) is 1.92. The van der Waals surface area contributed by atoms with Gasteiger partial charge in [-0.15, -0.1) is 0 Å². The van der Waals surface area contributed by atoms with Gasteiger partial charge in [0, 0.05) is 19.1 Å². The minimum Gasteiger partial charge on any atom is -0.378 e. The molecule has 0 radical (unpaired) electrons. The predicted octanol–water partition coefficient (Wildman–Crippen LogP) is -0.321. The largest absolute Gasteiger partial charge is 0.378 e. The molecule has 0 aromatic rings. The van der Waals surface area contributed by atoms with Crippen LogP contribution in [0.5, 0.6) is 0 Å². The summed E-state index contributed by atoms with van der Waals surface area (Å²) in [5, 5.41) is 5.84. The lowest BCUT2D eigenvalue weighted by Gasteiger charge is -2.11. The number of rotatable bonds is 9. The van der Waals surface area contributed by atoms with Crippen LogP contribution in [0, 0.1) is 0 Å². The van der Waals surface area contributed by atoms with Crippen LogP contribution in [0.1, 0.15) is 13.8 Å². The topological polar surface area (TPSA) is 53.6 Å². The molecule has 5 heteroatoms. The fourth-order valence-electron chi connectivity index (χ4n) is 0.971. The Kier molecular flexibility index (Phi) is 9.18. The van der Waals surface area contributed by atoms with Crippen molar-refractivity contribution in [2.24, 2.45) is 0 Å². The first-order chi connectivity index (χ1) is 7.52. The van der Waals surface area contributed by atoms with E-state index in [4.69, 9.17) is 4.74 Å². The van der Waals surface area contributed by atoms with E-state index in [-0.39, 0.29) is 5.91 Å². The van der Waals surface area contributed by atoms with Gasteiger partial charge < -0.3 is 20.3 Å². The van der Waals surface area contributed by atoms with Crippen molar-refractivity contribution in [1.82, 2.24) is 15.5 Å². The third kappa shape index (κ3) is 11.4. The monoisotopic (exact) mass is 231 g/mol. The molecular formula is C11H25N3O2. The van der Waals surface area contributed by atoms with Crippen LogP contribution in [0.25, 0.3) is 0 Å². The van der Waals surface area contributed by atoms with Crippen molar-refractivity contribution in [1.29, 1.82) is 0 Å². The van der Waals surface area contributed by atoms with E-state index in [1.165, 1.54) is 0 Å². The zero-order valence-electron chi connectivity index (χ0n) is 10.9. The van der Waals surface area contributed by atoms with E-state index in [0.29, 0.717) is 32.3 Å². The Hall–Kier alpha value is -0.650. The second kappa shape index (κ2) is 9.57. The number of hydrogen-bond acceptors (Lipinski definition) is 4. The molecule has 0 atom stereocenters. The Morgan fingerprint density at radius 1 is 1.31 bits per heavy atom. The first-order valence-electron chi connectivity index (χ1n) is 5.75. The molecule has 0 saturated carbocycles. The molecule has 0 aliphatic rings. The lowest BCUT2D eigenvalue weighted by molar-refractivity contribution is -0.120. The van der Waals surface area contributed by atoms with E-state index in [1.807, 2.05) is 27.9 Å². The summed E-state index contributed by atoms with van der Waals surface area (Å²) in [5.74, 6) is 0.0184. The van der Waals surface area contributed by atoms with Gasteiger partial charge in [0.15, 0.2) is 0 Å². The SMILES string of the molecule is CC(C)NCC(=O)NCCOCCN(C)C. The average Bonchev–Trinajstić information content (AvgIpc) is 2.19. The summed E-state index contributed by atoms with van der Waals surface area (Å²) in [4.78, 5) is 13.3. The van der Waals surface area contributed by atoms with Crippen molar-refractivity contribution < 1.29 is 9.53 Å². The van der Waals surface area contributed by atoms with Gasteiger partial charge in [-0.2, -0.15) is 0 Å². The average molecular weight is 231 g/mol. The Morgan fingerprint density at radius 3 is 2.56 bits per heavy atom. The maximum absolute atomic E-state index is 11.3. The van der Waals surface area contributed by atoms with E-state index >= 15 is 0 Å². The molecule has 0 aliphatic carbocycles. The fourth-order valence-corrected chi connectivity index (χ4v) is 0.971. The molecule has 16 heavy (non-hydrogen) atoms. The molecular weight excluding hydrogens is 206 g/mol. The molecule has 5 nitrogen and oxygen atoms in total. The molecule has 0 unspecified atom stereocenters. The first-order valence-corrected chi connectivity index (χ1v) is 5.75. The van der Waals surface area contributed by atoms with Crippen LogP contribution in [0.15, 0.2) is 0 Å². The van der Waals surface area contributed by atoms with Crippen molar-refractivity contribution in [2.45, 2.75) is 19.9 Å². The molecule has 1 amide bonds. The highest BCUT2D eigenvalue weighted by Gasteiger charge is 2.00. The fraction of sp³-hybridized carbons (Fsp3) is 0.909. The van der Waals surface area contributed by atoms with E-state index < -0.39 is 0 Å². The number of carbonyl (C=O) groups excluding carboxylic acids is 1. The lowest BCUT2D eigenvalue weighted by Crippen LogP contribution is -2.38. The van der Waals surface area contributed by atoms with Gasteiger partial charge in [0.05, 0.1) is 19.8 Å². The lowest BCUT2D eigenvalue weighted by atomic mass is 10.4. The first kappa shape index (κ1) is 15.3. The summed E-state index contributed by atoms with van der Waals surface area (Å²) in [7, 11) is 4.01. The minimum atomic E-state index is 0.0184. The molecule has 0 heterocycles. The van der Waals surface area contributed by atoms with Crippen molar-refractivity contribution in [3.05, 3.63) is 0 Å². The Morgan fingerprint density at radius 2 is 2.00 bits per heavy atom. The van der Waals surface area contributed by atoms with Gasteiger partial charge in [-0.05, 0) is 14.1 Å². The smallest absolute Gasteiger partial charge is 0.234 e. The van der Waals surface area contributed by atoms with Gasteiger partial charge in [0.1, 0.15) is 0 Å². The Labute approximate surface area is 98.5 Å². The zero-order chi connectivity index (χ0) is 12.4. The van der Waals surface area contributed by atoms with Crippen LogP contribution in [0.4, 0.5) is 0 Å². The minimum absolute atomic E-state index is 0.0184. The summed E-state index contributed by atoms with van der Waals surface area (Å²) in [6, 6.07) is 0.335. The quantitative estimate of drug-likeness (QED) is 0.534. The number of likely N-dealkylation sites (N-methyl/N-ethyl adjacent to an activating group) is 1. The summed E-state index contributed by atoms with van der Waals surface area (Å²) >= 11 is 0. The molecule has 0 fully saturated rings. The van der Waals surface area contributed by atoms with Crippen LogP contribution in [-0.4, -0.2) is 63.8 Å². The Bertz CT molecular complexity index is 184.